The van der Waals surface area contributed by atoms with Gasteiger partial charge >= 0.3 is 0 Å². The Kier molecular flexibility index (Phi) is 5.24. The van der Waals surface area contributed by atoms with Crippen molar-refractivity contribution in [2.45, 2.75) is 6.92 Å². The maximum Gasteiger partial charge on any atom is 0.123 e. The van der Waals surface area contributed by atoms with Gasteiger partial charge in [0.25, 0.3) is 0 Å². The van der Waals surface area contributed by atoms with Gasteiger partial charge in [-0.2, -0.15) is 0 Å². The van der Waals surface area contributed by atoms with Crippen molar-refractivity contribution in [1.29, 1.82) is 0 Å². The van der Waals surface area contributed by atoms with Crippen LogP contribution in [0.1, 0.15) is 5.56 Å². The van der Waals surface area contributed by atoms with Gasteiger partial charge in [-0.1, -0.05) is 77.9 Å². The molecular formula is C26H19OZr-. The predicted molar refractivity (Wildman–Crippen MR) is 113 cm³/mol. The van der Waals surface area contributed by atoms with Crippen molar-refractivity contribution in [3.05, 3.63) is 103 Å². The van der Waals surface area contributed by atoms with Crippen LogP contribution in [0.4, 0.5) is 0 Å². The van der Waals surface area contributed by atoms with Crippen molar-refractivity contribution >= 4 is 10.8 Å². The smallest absolute Gasteiger partial charge is 0.123 e. The van der Waals surface area contributed by atoms with Crippen LogP contribution >= 0.6 is 0 Å². The molecule has 4 aromatic carbocycles. The SMILES string of the molecule is Cc1ccc2[cH-]c(-c3ccc(-c4ccccc4)o3)cc2c1-c1ccccc1.[Zr]. The molecule has 0 fully saturated rings. The maximum atomic E-state index is 6.16. The van der Waals surface area contributed by atoms with E-state index in [9.17, 15) is 0 Å². The normalized spacial score (nSPS) is 10.8. The average molecular weight is 439 g/mol. The standard InChI is InChI=1S/C26H19O.Zr/c1-18-12-13-21-16-22(17-23(21)26(18)20-10-6-3-7-11-20)25-15-14-24(27-25)19-8-4-2-5-9-19;/h2-17H,1H3;/q-1;. The molecule has 0 aliphatic rings. The molecule has 0 saturated carbocycles. The van der Waals surface area contributed by atoms with Crippen LogP contribution in [0, 0.1) is 6.92 Å². The number of hydrogen-bond donors (Lipinski definition) is 0. The molecule has 0 N–H and O–H groups in total. The number of aryl methyl sites for hydroxylation is 1. The van der Waals surface area contributed by atoms with Crippen LogP contribution in [-0.2, 0) is 26.2 Å². The Balaban J connectivity index is 0.00000192. The fourth-order valence-electron chi connectivity index (χ4n) is 3.77. The van der Waals surface area contributed by atoms with Crippen LogP contribution in [-0.4, -0.2) is 0 Å². The third kappa shape index (κ3) is 3.34. The molecule has 0 spiro atoms. The monoisotopic (exact) mass is 437 g/mol. The summed E-state index contributed by atoms with van der Waals surface area (Å²) in [5.74, 6) is 1.80. The van der Waals surface area contributed by atoms with Crippen LogP contribution in [0.2, 0.25) is 0 Å². The summed E-state index contributed by atoms with van der Waals surface area (Å²) < 4.78 is 6.16. The molecule has 0 amide bonds. The molecule has 0 bridgehead atoms. The Morgan fingerprint density at radius 1 is 0.679 bits per heavy atom. The van der Waals surface area contributed by atoms with Gasteiger partial charge in [0.15, 0.2) is 0 Å². The number of hydrogen-bond acceptors (Lipinski definition) is 1. The van der Waals surface area contributed by atoms with Gasteiger partial charge in [0.05, 0.1) is 5.76 Å². The third-order valence-electron chi connectivity index (χ3n) is 5.11. The zero-order valence-electron chi connectivity index (χ0n) is 15.6. The summed E-state index contributed by atoms with van der Waals surface area (Å²) in [5, 5.41) is 2.51. The van der Waals surface area contributed by atoms with E-state index in [0.29, 0.717) is 0 Å². The second kappa shape index (κ2) is 7.82. The van der Waals surface area contributed by atoms with Crippen LogP contribution < -0.4 is 0 Å². The average Bonchev–Trinajstić information content (AvgIpc) is 3.36. The minimum atomic E-state index is 0. The molecule has 1 nitrogen and oxygen atoms in total. The Hall–Kier alpha value is -2.57. The molecule has 0 aliphatic heterocycles. The summed E-state index contributed by atoms with van der Waals surface area (Å²) in [4.78, 5) is 0. The summed E-state index contributed by atoms with van der Waals surface area (Å²) >= 11 is 0. The van der Waals surface area contributed by atoms with Gasteiger partial charge in [0, 0.05) is 31.8 Å². The molecule has 1 aromatic heterocycles. The van der Waals surface area contributed by atoms with E-state index in [-0.39, 0.29) is 26.2 Å². The van der Waals surface area contributed by atoms with Gasteiger partial charge in [-0.15, -0.1) is 29.0 Å². The van der Waals surface area contributed by atoms with Gasteiger partial charge in [-0.25, -0.2) is 0 Å². The molecule has 5 aromatic rings. The first-order valence-electron chi connectivity index (χ1n) is 9.21. The second-order valence-corrected chi connectivity index (χ2v) is 6.90. The fraction of sp³-hybridized carbons (Fsp3) is 0.0385. The predicted octanol–water partition coefficient (Wildman–Crippen LogP) is 7.46. The molecule has 0 atom stereocenters. The zero-order valence-corrected chi connectivity index (χ0v) is 18.1. The summed E-state index contributed by atoms with van der Waals surface area (Å²) in [7, 11) is 0. The van der Waals surface area contributed by atoms with Gasteiger partial charge in [0.2, 0.25) is 0 Å². The van der Waals surface area contributed by atoms with E-state index in [1.54, 1.807) is 0 Å². The van der Waals surface area contributed by atoms with E-state index >= 15 is 0 Å². The van der Waals surface area contributed by atoms with E-state index in [1.165, 1.54) is 27.5 Å². The quantitative estimate of drug-likeness (QED) is 0.266. The van der Waals surface area contributed by atoms with Gasteiger partial charge in [0.1, 0.15) is 5.76 Å². The van der Waals surface area contributed by atoms with E-state index in [4.69, 9.17) is 4.42 Å². The summed E-state index contributed by atoms with van der Waals surface area (Å²) in [5.41, 5.74) is 6.06. The maximum absolute atomic E-state index is 6.16. The van der Waals surface area contributed by atoms with Crippen molar-refractivity contribution in [2.75, 3.05) is 0 Å². The van der Waals surface area contributed by atoms with Crippen LogP contribution in [0.25, 0.3) is 44.5 Å². The van der Waals surface area contributed by atoms with E-state index in [0.717, 1.165) is 22.6 Å². The number of benzene rings is 3. The fourth-order valence-corrected chi connectivity index (χ4v) is 3.77. The van der Waals surface area contributed by atoms with Crippen molar-refractivity contribution in [1.82, 2.24) is 0 Å². The third-order valence-corrected chi connectivity index (χ3v) is 5.11. The van der Waals surface area contributed by atoms with Crippen molar-refractivity contribution < 1.29 is 30.6 Å². The topological polar surface area (TPSA) is 13.1 Å². The summed E-state index contributed by atoms with van der Waals surface area (Å²) in [6.45, 7) is 2.18. The number of fused-ring (bicyclic) bond motifs is 1. The Morgan fingerprint density at radius 3 is 2.04 bits per heavy atom. The first kappa shape index (κ1) is 18.8. The van der Waals surface area contributed by atoms with Crippen LogP contribution in [0.5, 0.6) is 0 Å². The molecular weight excluding hydrogens is 420 g/mol. The Labute approximate surface area is 184 Å². The summed E-state index contributed by atoms with van der Waals surface area (Å²) in [6, 6.07) is 33.8. The van der Waals surface area contributed by atoms with Crippen LogP contribution in [0.15, 0.2) is 101 Å². The van der Waals surface area contributed by atoms with Crippen molar-refractivity contribution in [3.63, 3.8) is 0 Å². The number of rotatable bonds is 3. The van der Waals surface area contributed by atoms with Gasteiger partial charge < -0.3 is 4.42 Å². The molecule has 28 heavy (non-hydrogen) atoms. The molecule has 134 valence electrons. The first-order valence-corrected chi connectivity index (χ1v) is 9.21. The van der Waals surface area contributed by atoms with Crippen molar-refractivity contribution in [3.8, 4) is 33.8 Å². The molecule has 0 unspecified atom stereocenters. The van der Waals surface area contributed by atoms with E-state index in [1.807, 2.05) is 24.3 Å². The first-order chi connectivity index (χ1) is 13.3. The van der Waals surface area contributed by atoms with Gasteiger partial charge in [-0.3, -0.25) is 0 Å². The minimum Gasteiger partial charge on any atom is -0.491 e. The second-order valence-electron chi connectivity index (χ2n) is 6.90. The number of furan rings is 1. The largest absolute Gasteiger partial charge is 0.491 e. The summed E-state index contributed by atoms with van der Waals surface area (Å²) in [6.07, 6.45) is 0. The Bertz CT molecular complexity index is 1210. The molecule has 0 saturated heterocycles. The van der Waals surface area contributed by atoms with E-state index in [2.05, 4.69) is 79.7 Å². The zero-order chi connectivity index (χ0) is 18.2. The molecule has 0 radical (unpaired) electrons. The minimum absolute atomic E-state index is 0. The van der Waals surface area contributed by atoms with Crippen LogP contribution in [0.3, 0.4) is 0 Å². The van der Waals surface area contributed by atoms with Crippen molar-refractivity contribution in [2.24, 2.45) is 0 Å². The Morgan fingerprint density at radius 2 is 1.32 bits per heavy atom. The van der Waals surface area contributed by atoms with Gasteiger partial charge in [-0.05, 0) is 30.2 Å². The molecule has 0 aliphatic carbocycles. The molecule has 5 rings (SSSR count). The van der Waals surface area contributed by atoms with E-state index < -0.39 is 0 Å². The molecule has 2 heteroatoms. The molecule has 1 heterocycles.